The lowest BCUT2D eigenvalue weighted by molar-refractivity contribution is 0.313. The minimum absolute atomic E-state index is 0.121. The molecule has 70 valence electrons. The molecule has 0 bridgehead atoms. The Balaban J connectivity index is 3.06. The Morgan fingerprint density at radius 3 is 2.38 bits per heavy atom. The predicted molar refractivity (Wildman–Crippen MR) is 46.7 cm³/mol. The monoisotopic (exact) mass is 182 g/mol. The average molecular weight is 182 g/mol. The summed E-state index contributed by atoms with van der Waals surface area (Å²) in [6, 6.07) is 3.37. The molecule has 0 aromatic carbocycles. The van der Waals surface area contributed by atoms with Gasteiger partial charge in [0.05, 0.1) is 0 Å². The van der Waals surface area contributed by atoms with Gasteiger partial charge >= 0.3 is 0 Å². The molecule has 2 N–H and O–H groups in total. The minimum atomic E-state index is 0.121. The van der Waals surface area contributed by atoms with Gasteiger partial charge in [-0.15, -0.1) is 0 Å². The van der Waals surface area contributed by atoms with E-state index in [1.165, 1.54) is 6.92 Å². The normalized spacial score (nSPS) is 13.4. The smallest absolute Gasteiger partial charge is 0.169 e. The molecule has 0 saturated carbocycles. The maximum absolute atomic E-state index is 8.63. The predicted octanol–water partition coefficient (Wildman–Crippen LogP) is 1.62. The van der Waals surface area contributed by atoms with Crippen molar-refractivity contribution in [1.29, 1.82) is 0 Å². The molecule has 0 radical (unpaired) electrons. The Bertz CT molecular complexity index is 352. The Morgan fingerprint density at radius 1 is 1.31 bits per heavy atom. The average Bonchev–Trinajstić information content (AvgIpc) is 2.53. The molecule has 5 heteroatoms. The number of rotatable bonds is 2. The molecule has 0 aliphatic rings. The van der Waals surface area contributed by atoms with Gasteiger partial charge in [-0.25, -0.2) is 0 Å². The van der Waals surface area contributed by atoms with Crippen LogP contribution < -0.4 is 0 Å². The molecular weight excluding hydrogens is 172 g/mol. The van der Waals surface area contributed by atoms with Crippen molar-refractivity contribution in [2.75, 3.05) is 0 Å². The molecule has 1 aromatic rings. The first-order valence-electron chi connectivity index (χ1n) is 3.67. The van der Waals surface area contributed by atoms with Gasteiger partial charge in [0.1, 0.15) is 11.5 Å². The Kier molecular flexibility index (Phi) is 2.69. The van der Waals surface area contributed by atoms with Gasteiger partial charge in [0.25, 0.3) is 0 Å². The zero-order valence-electron chi connectivity index (χ0n) is 7.35. The highest BCUT2D eigenvalue weighted by atomic mass is 16.4. The van der Waals surface area contributed by atoms with Crippen molar-refractivity contribution < 1.29 is 14.8 Å². The van der Waals surface area contributed by atoms with E-state index in [0.29, 0.717) is 11.5 Å². The van der Waals surface area contributed by atoms with E-state index in [-0.39, 0.29) is 11.4 Å². The van der Waals surface area contributed by atoms with Crippen LogP contribution in [0.3, 0.4) is 0 Å². The van der Waals surface area contributed by atoms with Gasteiger partial charge in [-0.2, -0.15) is 0 Å². The fraction of sp³-hybridized carbons (Fsp3) is 0.250. The van der Waals surface area contributed by atoms with E-state index in [4.69, 9.17) is 14.8 Å². The third-order valence-corrected chi connectivity index (χ3v) is 1.57. The van der Waals surface area contributed by atoms with E-state index in [0.717, 1.165) is 0 Å². The van der Waals surface area contributed by atoms with Gasteiger partial charge in [-0.05, 0) is 26.0 Å². The number of nitrogens with zero attached hydrogens (tertiary/aromatic N) is 2. The summed E-state index contributed by atoms with van der Waals surface area (Å²) in [7, 11) is 0. The zero-order valence-corrected chi connectivity index (χ0v) is 7.35. The standard InChI is InChI=1S/C8H10N2O3/c1-5-3-4-7(13-5)8(10-12)6(2)9-11/h3-4,11-12H,1-2H3. The Hall–Kier alpha value is -1.78. The highest BCUT2D eigenvalue weighted by Gasteiger charge is 2.12. The molecular formula is C8H10N2O3. The van der Waals surface area contributed by atoms with Crippen LogP contribution in [0.1, 0.15) is 18.4 Å². The fourth-order valence-electron chi connectivity index (χ4n) is 0.909. The number of oxime groups is 2. The van der Waals surface area contributed by atoms with Crippen LogP contribution in [0.2, 0.25) is 0 Å². The van der Waals surface area contributed by atoms with Crippen molar-refractivity contribution in [2.24, 2.45) is 10.3 Å². The van der Waals surface area contributed by atoms with Gasteiger partial charge < -0.3 is 14.8 Å². The zero-order chi connectivity index (χ0) is 9.84. The van der Waals surface area contributed by atoms with Crippen LogP contribution in [0.25, 0.3) is 0 Å². The van der Waals surface area contributed by atoms with Crippen LogP contribution in [0, 0.1) is 6.92 Å². The van der Waals surface area contributed by atoms with Crippen molar-refractivity contribution in [3.63, 3.8) is 0 Å². The lowest BCUT2D eigenvalue weighted by Gasteiger charge is -1.96. The fourth-order valence-corrected chi connectivity index (χ4v) is 0.909. The molecule has 0 atom stereocenters. The lowest BCUT2D eigenvalue weighted by Crippen LogP contribution is -2.11. The maximum Gasteiger partial charge on any atom is 0.169 e. The summed E-state index contributed by atoms with van der Waals surface area (Å²) >= 11 is 0. The maximum atomic E-state index is 8.63. The largest absolute Gasteiger partial charge is 0.460 e. The third-order valence-electron chi connectivity index (χ3n) is 1.57. The Labute approximate surface area is 75.0 Å². The second kappa shape index (κ2) is 3.75. The first-order valence-corrected chi connectivity index (χ1v) is 3.67. The summed E-state index contributed by atoms with van der Waals surface area (Å²) in [5.74, 6) is 1.07. The molecule has 0 spiro atoms. The van der Waals surface area contributed by atoms with E-state index in [2.05, 4.69) is 10.3 Å². The van der Waals surface area contributed by atoms with Crippen molar-refractivity contribution in [1.82, 2.24) is 0 Å². The first kappa shape index (κ1) is 9.31. The first-order chi connectivity index (χ1) is 6.19. The Morgan fingerprint density at radius 2 is 2.00 bits per heavy atom. The molecule has 0 saturated heterocycles. The quantitative estimate of drug-likeness (QED) is 0.414. The lowest BCUT2D eigenvalue weighted by atomic mass is 10.2. The summed E-state index contributed by atoms with van der Waals surface area (Å²) in [4.78, 5) is 0. The molecule has 0 amide bonds. The summed E-state index contributed by atoms with van der Waals surface area (Å²) in [6.07, 6.45) is 0. The second-order valence-electron chi connectivity index (χ2n) is 2.54. The van der Waals surface area contributed by atoms with Crippen LogP contribution in [0.15, 0.2) is 26.9 Å². The number of hydrogen-bond donors (Lipinski definition) is 2. The highest BCUT2D eigenvalue weighted by molar-refractivity contribution is 6.46. The topological polar surface area (TPSA) is 78.3 Å². The number of hydrogen-bond acceptors (Lipinski definition) is 5. The summed E-state index contributed by atoms with van der Waals surface area (Å²) < 4.78 is 5.18. The van der Waals surface area contributed by atoms with Crippen LogP contribution >= 0.6 is 0 Å². The number of aryl methyl sites for hydroxylation is 1. The van der Waals surface area contributed by atoms with Crippen LogP contribution in [-0.4, -0.2) is 21.8 Å². The van der Waals surface area contributed by atoms with E-state index in [9.17, 15) is 0 Å². The summed E-state index contributed by atoms with van der Waals surface area (Å²) in [5, 5.41) is 23.0. The molecule has 0 unspecified atom stereocenters. The highest BCUT2D eigenvalue weighted by Crippen LogP contribution is 2.08. The minimum Gasteiger partial charge on any atom is -0.460 e. The van der Waals surface area contributed by atoms with Crippen molar-refractivity contribution >= 4 is 11.4 Å². The van der Waals surface area contributed by atoms with Gasteiger partial charge in [-0.3, -0.25) is 0 Å². The van der Waals surface area contributed by atoms with E-state index < -0.39 is 0 Å². The SMILES string of the molecule is CC(=NO)C(=NO)c1ccc(C)o1. The van der Waals surface area contributed by atoms with E-state index in [1.54, 1.807) is 19.1 Å². The summed E-state index contributed by atoms with van der Waals surface area (Å²) in [6.45, 7) is 3.27. The number of furan rings is 1. The van der Waals surface area contributed by atoms with Crippen molar-refractivity contribution in [2.45, 2.75) is 13.8 Å². The van der Waals surface area contributed by atoms with Crippen molar-refractivity contribution in [3.05, 3.63) is 23.7 Å². The molecule has 5 nitrogen and oxygen atoms in total. The van der Waals surface area contributed by atoms with Crippen LogP contribution in [0.5, 0.6) is 0 Å². The third kappa shape index (κ3) is 1.87. The van der Waals surface area contributed by atoms with E-state index in [1.807, 2.05) is 0 Å². The van der Waals surface area contributed by atoms with E-state index >= 15 is 0 Å². The van der Waals surface area contributed by atoms with Crippen molar-refractivity contribution in [3.8, 4) is 0 Å². The van der Waals surface area contributed by atoms with Gasteiger partial charge in [-0.1, -0.05) is 10.3 Å². The molecule has 0 aliphatic heterocycles. The molecule has 13 heavy (non-hydrogen) atoms. The van der Waals surface area contributed by atoms with Gasteiger partial charge in [0, 0.05) is 0 Å². The molecule has 1 aromatic heterocycles. The molecule has 0 fully saturated rings. The van der Waals surface area contributed by atoms with Crippen LogP contribution in [0.4, 0.5) is 0 Å². The van der Waals surface area contributed by atoms with Gasteiger partial charge in [0.2, 0.25) is 0 Å². The summed E-state index contributed by atoms with van der Waals surface area (Å²) in [5.41, 5.74) is 0.312. The van der Waals surface area contributed by atoms with Crippen LogP contribution in [-0.2, 0) is 0 Å². The molecule has 1 rings (SSSR count). The molecule has 0 aliphatic carbocycles. The molecule has 1 heterocycles. The van der Waals surface area contributed by atoms with Gasteiger partial charge in [0.15, 0.2) is 11.5 Å². The second-order valence-corrected chi connectivity index (χ2v) is 2.54.